The number of ether oxygens (including phenoxy) is 2. The minimum atomic E-state index is -0.775. The van der Waals surface area contributed by atoms with Gasteiger partial charge in [0.2, 0.25) is 0 Å². The van der Waals surface area contributed by atoms with E-state index >= 15 is 0 Å². The SMILES string of the molecule is COc1cc2cc(CCC(=O)O)sc2cc1OC. The highest BCUT2D eigenvalue weighted by Gasteiger charge is 2.09. The lowest BCUT2D eigenvalue weighted by Crippen LogP contribution is -1.95. The van der Waals surface area contributed by atoms with Gasteiger partial charge in [0.1, 0.15) is 0 Å². The summed E-state index contributed by atoms with van der Waals surface area (Å²) in [5.41, 5.74) is 0. The van der Waals surface area contributed by atoms with E-state index in [1.165, 1.54) is 0 Å². The second kappa shape index (κ2) is 5.27. The molecule has 2 rings (SSSR count). The number of aliphatic carboxylic acids is 1. The van der Waals surface area contributed by atoms with Gasteiger partial charge in [-0.2, -0.15) is 0 Å². The molecule has 0 saturated carbocycles. The van der Waals surface area contributed by atoms with Crippen LogP contribution in [0.25, 0.3) is 10.1 Å². The van der Waals surface area contributed by atoms with E-state index in [4.69, 9.17) is 14.6 Å². The van der Waals surface area contributed by atoms with Crippen molar-refractivity contribution >= 4 is 27.4 Å². The van der Waals surface area contributed by atoms with Crippen LogP contribution in [0.5, 0.6) is 11.5 Å². The molecule has 0 atom stereocenters. The molecular weight excluding hydrogens is 252 g/mol. The molecule has 0 bridgehead atoms. The van der Waals surface area contributed by atoms with E-state index in [2.05, 4.69) is 0 Å². The second-order valence-electron chi connectivity index (χ2n) is 3.85. The van der Waals surface area contributed by atoms with Crippen molar-refractivity contribution in [1.82, 2.24) is 0 Å². The molecule has 4 nitrogen and oxygen atoms in total. The van der Waals surface area contributed by atoms with Crippen LogP contribution in [-0.2, 0) is 11.2 Å². The van der Waals surface area contributed by atoms with Gasteiger partial charge in [-0.1, -0.05) is 0 Å². The fraction of sp³-hybridized carbons (Fsp3) is 0.308. The van der Waals surface area contributed by atoms with E-state index in [1.807, 2.05) is 18.2 Å². The van der Waals surface area contributed by atoms with Gasteiger partial charge in [0, 0.05) is 15.6 Å². The first-order valence-corrected chi connectivity index (χ1v) is 6.32. The zero-order valence-corrected chi connectivity index (χ0v) is 11.0. The number of carboxylic acid groups (broad SMARTS) is 1. The molecule has 2 aromatic rings. The van der Waals surface area contributed by atoms with Gasteiger partial charge >= 0.3 is 5.97 Å². The van der Waals surface area contributed by atoms with E-state index in [0.717, 1.165) is 15.0 Å². The van der Waals surface area contributed by atoms with Crippen molar-refractivity contribution in [2.45, 2.75) is 12.8 Å². The molecule has 1 aromatic carbocycles. The standard InChI is InChI=1S/C13H14O4S/c1-16-10-6-8-5-9(3-4-13(14)15)18-12(8)7-11(10)17-2/h5-7H,3-4H2,1-2H3,(H,14,15). The molecule has 96 valence electrons. The lowest BCUT2D eigenvalue weighted by atomic mass is 10.2. The van der Waals surface area contributed by atoms with Crippen LogP contribution in [0, 0.1) is 0 Å². The Morgan fingerprint density at radius 3 is 2.50 bits per heavy atom. The maximum atomic E-state index is 10.6. The zero-order valence-electron chi connectivity index (χ0n) is 10.2. The highest BCUT2D eigenvalue weighted by molar-refractivity contribution is 7.19. The van der Waals surface area contributed by atoms with Crippen LogP contribution in [0.15, 0.2) is 18.2 Å². The molecule has 0 unspecified atom stereocenters. The normalized spacial score (nSPS) is 10.6. The summed E-state index contributed by atoms with van der Waals surface area (Å²) in [7, 11) is 3.20. The summed E-state index contributed by atoms with van der Waals surface area (Å²) in [5, 5.41) is 9.73. The summed E-state index contributed by atoms with van der Waals surface area (Å²) in [6, 6.07) is 5.84. The van der Waals surface area contributed by atoms with E-state index in [1.54, 1.807) is 25.6 Å². The molecule has 0 aliphatic rings. The summed E-state index contributed by atoms with van der Waals surface area (Å²) in [6.45, 7) is 0. The number of methoxy groups -OCH3 is 2. The first-order chi connectivity index (χ1) is 8.63. The molecule has 0 amide bonds. The van der Waals surface area contributed by atoms with Gasteiger partial charge in [-0.25, -0.2) is 0 Å². The maximum absolute atomic E-state index is 10.6. The highest BCUT2D eigenvalue weighted by atomic mass is 32.1. The number of hydrogen-bond donors (Lipinski definition) is 1. The van der Waals surface area contributed by atoms with Gasteiger partial charge in [0.15, 0.2) is 11.5 Å². The quantitative estimate of drug-likeness (QED) is 0.904. The third-order valence-electron chi connectivity index (χ3n) is 2.66. The first-order valence-electron chi connectivity index (χ1n) is 5.50. The molecule has 5 heteroatoms. The zero-order chi connectivity index (χ0) is 13.1. The van der Waals surface area contributed by atoms with Crippen molar-refractivity contribution in [1.29, 1.82) is 0 Å². The highest BCUT2D eigenvalue weighted by Crippen LogP contribution is 2.36. The van der Waals surface area contributed by atoms with Crippen molar-refractivity contribution in [2.75, 3.05) is 14.2 Å². The Hall–Kier alpha value is -1.75. The van der Waals surface area contributed by atoms with Crippen molar-refractivity contribution in [3.63, 3.8) is 0 Å². The van der Waals surface area contributed by atoms with E-state index in [-0.39, 0.29) is 6.42 Å². The molecule has 1 aromatic heterocycles. The minimum Gasteiger partial charge on any atom is -0.493 e. The van der Waals surface area contributed by atoms with Gasteiger partial charge in [-0.15, -0.1) is 11.3 Å². The van der Waals surface area contributed by atoms with Crippen LogP contribution in [0.3, 0.4) is 0 Å². The summed E-state index contributed by atoms with van der Waals surface area (Å²) in [5.74, 6) is 0.604. The number of carbonyl (C=O) groups is 1. The predicted molar refractivity (Wildman–Crippen MR) is 70.9 cm³/mol. The van der Waals surface area contributed by atoms with Gasteiger partial charge in [-0.3, -0.25) is 4.79 Å². The Balaban J connectivity index is 2.35. The summed E-state index contributed by atoms with van der Waals surface area (Å²) < 4.78 is 11.6. The van der Waals surface area contributed by atoms with E-state index in [0.29, 0.717) is 17.9 Å². The number of rotatable bonds is 5. The molecule has 0 spiro atoms. The lowest BCUT2D eigenvalue weighted by Gasteiger charge is -2.06. The summed E-state index contributed by atoms with van der Waals surface area (Å²) in [6.07, 6.45) is 0.709. The molecular formula is C13H14O4S. The maximum Gasteiger partial charge on any atom is 0.303 e. The van der Waals surface area contributed by atoms with Crippen molar-refractivity contribution < 1.29 is 19.4 Å². The number of carboxylic acids is 1. The van der Waals surface area contributed by atoms with Crippen molar-refractivity contribution in [3.05, 3.63) is 23.1 Å². The predicted octanol–water partition coefficient (Wildman–Crippen LogP) is 2.94. The Kier molecular flexibility index (Phi) is 3.72. The van der Waals surface area contributed by atoms with Crippen LogP contribution in [0.1, 0.15) is 11.3 Å². The first kappa shape index (κ1) is 12.7. The number of benzene rings is 1. The van der Waals surface area contributed by atoms with Gasteiger partial charge in [0.25, 0.3) is 0 Å². The average Bonchev–Trinajstić information content (AvgIpc) is 2.76. The topological polar surface area (TPSA) is 55.8 Å². The third kappa shape index (κ3) is 2.56. The molecule has 0 saturated heterocycles. The molecule has 0 aliphatic carbocycles. The summed E-state index contributed by atoms with van der Waals surface area (Å²) >= 11 is 1.59. The molecule has 18 heavy (non-hydrogen) atoms. The Morgan fingerprint density at radius 2 is 1.89 bits per heavy atom. The molecule has 1 heterocycles. The molecule has 0 radical (unpaired) electrons. The monoisotopic (exact) mass is 266 g/mol. The molecule has 0 aliphatic heterocycles. The molecule has 0 fully saturated rings. The number of thiophene rings is 1. The average molecular weight is 266 g/mol. The smallest absolute Gasteiger partial charge is 0.303 e. The van der Waals surface area contributed by atoms with Crippen LogP contribution in [-0.4, -0.2) is 25.3 Å². The number of hydrogen-bond acceptors (Lipinski definition) is 4. The lowest BCUT2D eigenvalue weighted by molar-refractivity contribution is -0.136. The van der Waals surface area contributed by atoms with E-state index in [9.17, 15) is 4.79 Å². The van der Waals surface area contributed by atoms with Crippen LogP contribution in [0.4, 0.5) is 0 Å². The number of fused-ring (bicyclic) bond motifs is 1. The Labute approximate surface area is 109 Å². The molecule has 1 N–H and O–H groups in total. The fourth-order valence-electron chi connectivity index (χ4n) is 1.77. The van der Waals surface area contributed by atoms with Crippen LogP contribution < -0.4 is 9.47 Å². The minimum absolute atomic E-state index is 0.154. The van der Waals surface area contributed by atoms with Crippen LogP contribution >= 0.6 is 11.3 Å². The second-order valence-corrected chi connectivity index (χ2v) is 5.02. The number of aryl methyl sites for hydroxylation is 1. The fourth-order valence-corrected chi connectivity index (χ4v) is 2.85. The largest absolute Gasteiger partial charge is 0.493 e. The van der Waals surface area contributed by atoms with Crippen molar-refractivity contribution in [2.24, 2.45) is 0 Å². The Bertz CT molecular complexity index is 533. The Morgan fingerprint density at radius 1 is 1.22 bits per heavy atom. The van der Waals surface area contributed by atoms with Crippen molar-refractivity contribution in [3.8, 4) is 11.5 Å². The van der Waals surface area contributed by atoms with Crippen LogP contribution in [0.2, 0.25) is 0 Å². The summed E-state index contributed by atoms with van der Waals surface area (Å²) in [4.78, 5) is 11.6. The van der Waals surface area contributed by atoms with E-state index < -0.39 is 5.97 Å². The van der Waals surface area contributed by atoms with Gasteiger partial charge < -0.3 is 14.6 Å². The third-order valence-corrected chi connectivity index (χ3v) is 3.82. The van der Waals surface area contributed by atoms with Gasteiger partial charge in [-0.05, 0) is 23.9 Å². The van der Waals surface area contributed by atoms with Gasteiger partial charge in [0.05, 0.1) is 20.6 Å².